The molecule has 1 aliphatic rings. The van der Waals surface area contributed by atoms with E-state index < -0.39 is 16.9 Å². The number of ether oxygens (including phenoxy) is 1. The van der Waals surface area contributed by atoms with E-state index in [1.165, 1.54) is 6.07 Å². The summed E-state index contributed by atoms with van der Waals surface area (Å²) in [6.45, 7) is 3.68. The zero-order valence-corrected chi connectivity index (χ0v) is 15.4. The molecule has 0 amide bonds. The van der Waals surface area contributed by atoms with Crippen molar-refractivity contribution in [2.24, 2.45) is 0 Å². The number of anilines is 1. The van der Waals surface area contributed by atoms with Gasteiger partial charge in [0.2, 0.25) is 5.95 Å². The number of hydrogen-bond donors (Lipinski definition) is 1. The Hall–Kier alpha value is -3.68. The summed E-state index contributed by atoms with van der Waals surface area (Å²) < 4.78 is 7.08. The van der Waals surface area contributed by atoms with Gasteiger partial charge in [0, 0.05) is 11.8 Å². The molecular formula is C20H18N4O4. The summed E-state index contributed by atoms with van der Waals surface area (Å²) in [6.07, 6.45) is 0. The molecule has 28 heavy (non-hydrogen) atoms. The van der Waals surface area contributed by atoms with Crippen molar-refractivity contribution in [1.82, 2.24) is 9.55 Å². The summed E-state index contributed by atoms with van der Waals surface area (Å²) in [6, 6.07) is 13.2. The Kier molecular flexibility index (Phi) is 4.31. The number of esters is 1. The smallest absolute Gasteiger partial charge is 0.338 e. The summed E-state index contributed by atoms with van der Waals surface area (Å²) in [5.74, 6) is 0.00832. The highest BCUT2D eigenvalue weighted by atomic mass is 16.6. The highest BCUT2D eigenvalue weighted by Gasteiger charge is 2.38. The maximum atomic E-state index is 12.8. The summed E-state index contributed by atoms with van der Waals surface area (Å²) in [5, 5.41) is 14.8. The van der Waals surface area contributed by atoms with Crippen LogP contribution in [-0.2, 0) is 9.53 Å². The van der Waals surface area contributed by atoms with Crippen molar-refractivity contribution in [2.45, 2.75) is 19.9 Å². The lowest BCUT2D eigenvalue weighted by Crippen LogP contribution is -2.29. The molecule has 0 saturated heterocycles. The number of imidazole rings is 1. The molecular weight excluding hydrogens is 360 g/mol. The number of para-hydroxylation sites is 3. The Morgan fingerprint density at radius 3 is 2.71 bits per heavy atom. The van der Waals surface area contributed by atoms with E-state index >= 15 is 0 Å². The number of hydrogen-bond acceptors (Lipinski definition) is 6. The fourth-order valence-corrected chi connectivity index (χ4v) is 3.62. The Morgan fingerprint density at radius 2 is 1.96 bits per heavy atom. The number of carbonyl (C=O) groups excluding carboxylic acids is 1. The van der Waals surface area contributed by atoms with Crippen molar-refractivity contribution >= 4 is 28.6 Å². The second-order valence-electron chi connectivity index (χ2n) is 6.40. The Bertz CT molecular complexity index is 1130. The second kappa shape index (κ2) is 6.80. The first-order chi connectivity index (χ1) is 13.5. The molecule has 1 aromatic heterocycles. The van der Waals surface area contributed by atoms with E-state index in [9.17, 15) is 14.9 Å². The first-order valence-corrected chi connectivity index (χ1v) is 8.88. The fraction of sp³-hybridized carbons (Fsp3) is 0.200. The number of carbonyl (C=O) groups is 1. The van der Waals surface area contributed by atoms with Gasteiger partial charge in [0.05, 0.1) is 33.7 Å². The summed E-state index contributed by atoms with van der Waals surface area (Å²) >= 11 is 0. The maximum absolute atomic E-state index is 12.8. The van der Waals surface area contributed by atoms with Crippen LogP contribution in [0.1, 0.15) is 25.5 Å². The largest absolute Gasteiger partial charge is 0.463 e. The fourth-order valence-electron chi connectivity index (χ4n) is 3.62. The highest BCUT2D eigenvalue weighted by molar-refractivity contribution is 5.94. The zero-order chi connectivity index (χ0) is 19.8. The molecule has 8 heteroatoms. The van der Waals surface area contributed by atoms with Crippen LogP contribution in [0.15, 0.2) is 59.8 Å². The molecule has 2 aromatic carbocycles. The van der Waals surface area contributed by atoms with Crippen LogP contribution in [-0.4, -0.2) is 27.1 Å². The van der Waals surface area contributed by atoms with Crippen LogP contribution in [0.25, 0.3) is 11.0 Å². The summed E-state index contributed by atoms with van der Waals surface area (Å²) in [5.41, 5.74) is 2.72. The number of nitro groups is 1. The van der Waals surface area contributed by atoms with Crippen molar-refractivity contribution in [2.75, 3.05) is 11.9 Å². The minimum atomic E-state index is -0.732. The molecule has 0 radical (unpaired) electrons. The number of nitrogens with one attached hydrogen (secondary N) is 1. The Balaban J connectivity index is 2.04. The molecule has 0 spiro atoms. The van der Waals surface area contributed by atoms with Crippen molar-refractivity contribution in [3.05, 3.63) is 75.5 Å². The lowest BCUT2D eigenvalue weighted by molar-refractivity contribution is -0.385. The molecule has 4 rings (SSSR count). The Labute approximate surface area is 160 Å². The molecule has 0 bridgehead atoms. The van der Waals surface area contributed by atoms with Gasteiger partial charge >= 0.3 is 5.97 Å². The topological polar surface area (TPSA) is 99.3 Å². The second-order valence-corrected chi connectivity index (χ2v) is 6.40. The van der Waals surface area contributed by atoms with Crippen LogP contribution in [0.4, 0.5) is 11.6 Å². The number of nitrogens with zero attached hydrogens (tertiary/aromatic N) is 3. The van der Waals surface area contributed by atoms with Gasteiger partial charge in [0.15, 0.2) is 0 Å². The lowest BCUT2D eigenvalue weighted by atomic mass is 9.93. The number of benzene rings is 2. The standard InChI is InChI=1S/C20H18N4O4/c1-3-28-19(25)17-12(2)21-20-22-14-9-5-7-11-16(14)23(20)18(17)13-8-4-6-10-15(13)24(26)27/h4-11,18H,3H2,1-2H3,(H,21,22)/t18-/m1/s1. The zero-order valence-electron chi connectivity index (χ0n) is 15.4. The predicted octanol–water partition coefficient (Wildman–Crippen LogP) is 3.80. The number of fused-ring (bicyclic) bond motifs is 3. The molecule has 0 saturated carbocycles. The van der Waals surface area contributed by atoms with Crippen LogP contribution in [0.5, 0.6) is 0 Å². The SMILES string of the molecule is CCOC(=O)C1=C(C)Nc2nc3ccccc3n2[C@@H]1c1ccccc1[N+](=O)[O-]. The number of rotatable bonds is 4. The van der Waals surface area contributed by atoms with E-state index in [4.69, 9.17) is 4.74 Å². The van der Waals surface area contributed by atoms with Gasteiger partial charge in [-0.05, 0) is 32.0 Å². The van der Waals surface area contributed by atoms with Crippen LogP contribution in [0.2, 0.25) is 0 Å². The van der Waals surface area contributed by atoms with Crippen LogP contribution in [0.3, 0.4) is 0 Å². The molecule has 0 aliphatic carbocycles. The summed E-state index contributed by atoms with van der Waals surface area (Å²) in [4.78, 5) is 28.7. The third-order valence-corrected chi connectivity index (χ3v) is 4.75. The van der Waals surface area contributed by atoms with Crippen molar-refractivity contribution in [3.63, 3.8) is 0 Å². The highest BCUT2D eigenvalue weighted by Crippen LogP contribution is 2.42. The van der Waals surface area contributed by atoms with Gasteiger partial charge in [0.25, 0.3) is 5.69 Å². The van der Waals surface area contributed by atoms with Crippen LogP contribution in [0, 0.1) is 10.1 Å². The lowest BCUT2D eigenvalue weighted by Gasteiger charge is -2.29. The van der Waals surface area contributed by atoms with Gasteiger partial charge in [-0.2, -0.15) is 0 Å². The van der Waals surface area contributed by atoms with Gasteiger partial charge in [0.1, 0.15) is 6.04 Å². The van der Waals surface area contributed by atoms with E-state index in [1.54, 1.807) is 32.0 Å². The first-order valence-electron chi connectivity index (χ1n) is 8.88. The quantitative estimate of drug-likeness (QED) is 0.421. The van der Waals surface area contributed by atoms with E-state index in [2.05, 4.69) is 10.3 Å². The average Bonchev–Trinajstić information content (AvgIpc) is 3.04. The van der Waals surface area contributed by atoms with Gasteiger partial charge in [-0.25, -0.2) is 9.78 Å². The molecule has 3 aromatic rings. The van der Waals surface area contributed by atoms with Crippen LogP contribution < -0.4 is 5.32 Å². The van der Waals surface area contributed by atoms with Crippen molar-refractivity contribution < 1.29 is 14.5 Å². The van der Waals surface area contributed by atoms with Crippen LogP contribution >= 0.6 is 0 Å². The minimum absolute atomic E-state index is 0.0623. The third-order valence-electron chi connectivity index (χ3n) is 4.75. The van der Waals surface area contributed by atoms with Gasteiger partial charge < -0.3 is 10.1 Å². The molecule has 0 unspecified atom stereocenters. The van der Waals surface area contributed by atoms with Crippen molar-refractivity contribution in [1.29, 1.82) is 0 Å². The van der Waals surface area contributed by atoms with Crippen molar-refractivity contribution in [3.8, 4) is 0 Å². The summed E-state index contributed by atoms with van der Waals surface area (Å²) in [7, 11) is 0. The first kappa shape index (κ1) is 17.7. The van der Waals surface area contributed by atoms with Gasteiger partial charge in [-0.3, -0.25) is 14.7 Å². The van der Waals surface area contributed by atoms with Gasteiger partial charge in [-0.15, -0.1) is 0 Å². The average molecular weight is 378 g/mol. The monoisotopic (exact) mass is 378 g/mol. The normalized spacial score (nSPS) is 15.9. The molecule has 0 fully saturated rings. The van der Waals surface area contributed by atoms with E-state index in [0.717, 1.165) is 11.0 Å². The number of allylic oxidation sites excluding steroid dienone is 1. The molecule has 1 N–H and O–H groups in total. The number of aromatic nitrogens is 2. The third kappa shape index (κ3) is 2.70. The minimum Gasteiger partial charge on any atom is -0.463 e. The van der Waals surface area contributed by atoms with E-state index in [1.807, 2.05) is 28.8 Å². The van der Waals surface area contributed by atoms with E-state index in [-0.39, 0.29) is 12.3 Å². The molecule has 2 heterocycles. The predicted molar refractivity (Wildman–Crippen MR) is 104 cm³/mol. The molecule has 142 valence electrons. The number of nitro benzene ring substituents is 1. The van der Waals surface area contributed by atoms with Gasteiger partial charge in [-0.1, -0.05) is 24.3 Å². The molecule has 8 nitrogen and oxygen atoms in total. The molecule has 1 atom stereocenters. The molecule has 1 aliphatic heterocycles. The Morgan fingerprint density at radius 1 is 1.25 bits per heavy atom. The maximum Gasteiger partial charge on any atom is 0.338 e. The van der Waals surface area contributed by atoms with E-state index in [0.29, 0.717) is 22.8 Å².